The molecule has 124 valence electrons. The summed E-state index contributed by atoms with van der Waals surface area (Å²) in [6.45, 7) is 1.99. The molecule has 0 unspecified atom stereocenters. The molecule has 2 aromatic carbocycles. The minimum Gasteiger partial charge on any atom is -0.207 e. The predicted molar refractivity (Wildman–Crippen MR) is 91.1 cm³/mol. The van der Waals surface area contributed by atoms with Gasteiger partial charge in [-0.1, -0.05) is 31.2 Å². The summed E-state index contributed by atoms with van der Waals surface area (Å²) in [4.78, 5) is 0.0858. The van der Waals surface area contributed by atoms with E-state index in [2.05, 4.69) is 0 Å². The van der Waals surface area contributed by atoms with Gasteiger partial charge in [-0.3, -0.25) is 0 Å². The lowest BCUT2D eigenvalue weighted by Gasteiger charge is -2.16. The van der Waals surface area contributed by atoms with Gasteiger partial charge in [-0.05, 0) is 41.8 Å². The summed E-state index contributed by atoms with van der Waals surface area (Å²) in [6.07, 6.45) is 0.764. The Balaban J connectivity index is 2.36. The van der Waals surface area contributed by atoms with Crippen molar-refractivity contribution in [2.24, 2.45) is 0 Å². The van der Waals surface area contributed by atoms with E-state index in [4.69, 9.17) is 21.4 Å². The van der Waals surface area contributed by atoms with Crippen LogP contribution in [0, 0.1) is 0 Å². The second kappa shape index (κ2) is 6.81. The van der Waals surface area contributed by atoms with Crippen LogP contribution in [0.3, 0.4) is 0 Å². The van der Waals surface area contributed by atoms with Gasteiger partial charge in [0, 0.05) is 27.3 Å². The molecule has 0 aliphatic carbocycles. The molecular weight excluding hydrogens is 379 g/mol. The maximum absolute atomic E-state index is 11.3. The molecule has 2 rings (SSSR count). The molecule has 0 bridgehead atoms. The summed E-state index contributed by atoms with van der Waals surface area (Å²) >= 11 is 0. The molecule has 0 atom stereocenters. The molecule has 0 aliphatic rings. The Labute approximate surface area is 144 Å². The van der Waals surface area contributed by atoms with Crippen LogP contribution < -0.4 is 0 Å². The van der Waals surface area contributed by atoms with E-state index in [0.717, 1.165) is 17.5 Å². The lowest BCUT2D eigenvalue weighted by atomic mass is 9.89. The summed E-state index contributed by atoms with van der Waals surface area (Å²) in [5.41, 5.74) is 1.83. The monoisotopic (exact) mass is 392 g/mol. The van der Waals surface area contributed by atoms with Gasteiger partial charge in [-0.25, -0.2) is 16.8 Å². The number of hydrogen-bond donors (Lipinski definition) is 0. The maximum atomic E-state index is 11.3. The van der Waals surface area contributed by atoms with Gasteiger partial charge in [-0.2, -0.15) is 0 Å². The number of benzene rings is 2. The van der Waals surface area contributed by atoms with E-state index in [-0.39, 0.29) is 15.7 Å². The lowest BCUT2D eigenvalue weighted by molar-refractivity contribution is 0.608. The summed E-state index contributed by atoms with van der Waals surface area (Å²) < 4.78 is 45.1. The maximum Gasteiger partial charge on any atom is 0.261 e. The van der Waals surface area contributed by atoms with Crippen molar-refractivity contribution in [3.63, 3.8) is 0 Å². The van der Waals surface area contributed by atoms with E-state index in [0.29, 0.717) is 0 Å². The molecule has 8 heteroatoms. The van der Waals surface area contributed by atoms with Gasteiger partial charge in [-0.15, -0.1) is 0 Å². The third kappa shape index (κ3) is 4.47. The normalized spacial score (nSPS) is 12.5. The first-order valence-electron chi connectivity index (χ1n) is 6.72. The van der Waals surface area contributed by atoms with E-state index in [1.165, 1.54) is 24.3 Å². The highest BCUT2D eigenvalue weighted by atomic mass is 35.7. The molecule has 4 nitrogen and oxygen atoms in total. The molecule has 0 aromatic heterocycles. The van der Waals surface area contributed by atoms with Crippen molar-refractivity contribution in [3.8, 4) is 0 Å². The minimum absolute atomic E-state index is 0.00848. The molecule has 2 aromatic rings. The Morgan fingerprint density at radius 1 is 0.739 bits per heavy atom. The largest absolute Gasteiger partial charge is 0.261 e. The lowest BCUT2D eigenvalue weighted by Crippen LogP contribution is -2.01. The average molecular weight is 393 g/mol. The van der Waals surface area contributed by atoms with Crippen LogP contribution in [0.15, 0.2) is 58.3 Å². The predicted octanol–water partition coefficient (Wildman–Crippen LogP) is 4.08. The smallest absolute Gasteiger partial charge is 0.207 e. The molecule has 0 N–H and O–H groups in total. The number of halogens is 2. The Kier molecular flexibility index (Phi) is 5.41. The standard InChI is InChI=1S/C15H14Cl2O4S2/c1-2-15(11-3-7-13(8-4-11)22(16,18)19)12-5-9-14(10-6-12)23(17,20)21/h3-10,15H,2H2,1H3. The van der Waals surface area contributed by atoms with Crippen LogP contribution in [-0.4, -0.2) is 16.8 Å². The SMILES string of the molecule is CCC(c1ccc(S(=O)(=O)Cl)cc1)c1ccc(S(=O)(=O)Cl)cc1. The van der Waals surface area contributed by atoms with Crippen molar-refractivity contribution in [1.82, 2.24) is 0 Å². The van der Waals surface area contributed by atoms with Crippen LogP contribution in [0.5, 0.6) is 0 Å². The Bertz CT molecular complexity index is 812. The zero-order valence-electron chi connectivity index (χ0n) is 12.1. The molecule has 0 spiro atoms. The van der Waals surface area contributed by atoms with E-state index in [1.54, 1.807) is 24.3 Å². The highest BCUT2D eigenvalue weighted by Gasteiger charge is 2.16. The van der Waals surface area contributed by atoms with E-state index < -0.39 is 18.1 Å². The van der Waals surface area contributed by atoms with E-state index >= 15 is 0 Å². The van der Waals surface area contributed by atoms with Crippen LogP contribution in [0.2, 0.25) is 0 Å². The topological polar surface area (TPSA) is 68.3 Å². The summed E-state index contributed by atoms with van der Waals surface area (Å²) in [5, 5.41) is 0. The van der Waals surface area contributed by atoms with Crippen molar-refractivity contribution in [1.29, 1.82) is 0 Å². The van der Waals surface area contributed by atoms with Gasteiger partial charge in [0.05, 0.1) is 9.79 Å². The average Bonchev–Trinajstić information content (AvgIpc) is 2.47. The van der Waals surface area contributed by atoms with Crippen molar-refractivity contribution in [2.75, 3.05) is 0 Å². The zero-order valence-corrected chi connectivity index (χ0v) is 15.3. The second-order valence-electron chi connectivity index (χ2n) is 4.97. The first-order chi connectivity index (χ1) is 10.6. The summed E-state index contributed by atoms with van der Waals surface area (Å²) in [5.74, 6) is 0.00848. The van der Waals surface area contributed by atoms with Crippen LogP contribution in [0.4, 0.5) is 0 Å². The zero-order chi connectivity index (χ0) is 17.3. The first kappa shape index (κ1) is 18.3. The Hall–Kier alpha value is -1.08. The number of rotatable bonds is 5. The first-order valence-corrected chi connectivity index (χ1v) is 11.3. The second-order valence-corrected chi connectivity index (χ2v) is 10.1. The van der Waals surface area contributed by atoms with Crippen LogP contribution >= 0.6 is 21.4 Å². The molecule has 0 saturated heterocycles. The molecule has 0 saturated carbocycles. The van der Waals surface area contributed by atoms with E-state index in [9.17, 15) is 16.8 Å². The molecule has 0 radical (unpaired) electrons. The fourth-order valence-electron chi connectivity index (χ4n) is 2.39. The Morgan fingerprint density at radius 3 is 1.26 bits per heavy atom. The Morgan fingerprint density at radius 2 is 1.04 bits per heavy atom. The third-order valence-electron chi connectivity index (χ3n) is 3.54. The fraction of sp³-hybridized carbons (Fsp3) is 0.200. The molecular formula is C15H14Cl2O4S2. The molecule has 0 amide bonds. The van der Waals surface area contributed by atoms with Gasteiger partial charge in [0.1, 0.15) is 0 Å². The van der Waals surface area contributed by atoms with Crippen LogP contribution in [-0.2, 0) is 18.1 Å². The van der Waals surface area contributed by atoms with Gasteiger partial charge in [0.15, 0.2) is 0 Å². The van der Waals surface area contributed by atoms with Gasteiger partial charge in [0.25, 0.3) is 18.1 Å². The highest BCUT2D eigenvalue weighted by Crippen LogP contribution is 2.30. The van der Waals surface area contributed by atoms with Crippen molar-refractivity contribution < 1.29 is 16.8 Å². The van der Waals surface area contributed by atoms with Crippen molar-refractivity contribution in [3.05, 3.63) is 59.7 Å². The molecule has 0 aliphatic heterocycles. The van der Waals surface area contributed by atoms with Crippen LogP contribution in [0.25, 0.3) is 0 Å². The van der Waals surface area contributed by atoms with Crippen molar-refractivity contribution in [2.45, 2.75) is 29.1 Å². The van der Waals surface area contributed by atoms with Crippen molar-refractivity contribution >= 4 is 39.5 Å². The summed E-state index contributed by atoms with van der Waals surface area (Å²) in [7, 11) is 3.11. The third-order valence-corrected chi connectivity index (χ3v) is 6.28. The number of hydrogen-bond acceptors (Lipinski definition) is 4. The molecule has 0 fully saturated rings. The van der Waals surface area contributed by atoms with Crippen LogP contribution in [0.1, 0.15) is 30.4 Å². The molecule has 0 heterocycles. The summed E-state index contributed by atoms with van der Waals surface area (Å²) in [6, 6.07) is 12.6. The minimum atomic E-state index is -3.75. The quantitative estimate of drug-likeness (QED) is 0.718. The van der Waals surface area contributed by atoms with Gasteiger partial charge in [0.2, 0.25) is 0 Å². The van der Waals surface area contributed by atoms with Gasteiger partial charge < -0.3 is 0 Å². The highest BCUT2D eigenvalue weighted by molar-refractivity contribution is 8.14. The van der Waals surface area contributed by atoms with Gasteiger partial charge >= 0.3 is 0 Å². The van der Waals surface area contributed by atoms with E-state index in [1.807, 2.05) is 6.92 Å². The molecule has 23 heavy (non-hydrogen) atoms. The fourth-order valence-corrected chi connectivity index (χ4v) is 3.93.